The van der Waals surface area contributed by atoms with Gasteiger partial charge >= 0.3 is 0 Å². The third-order valence-corrected chi connectivity index (χ3v) is 6.09. The molecule has 1 aliphatic rings. The molecule has 142 valence electrons. The standard InChI is InChI=1S/C27H34/c1-3-5-6-7-23-14-18-26(19-15-23)27-20-16-25(17-21-27)13-12-24-10-8-22(4-2)9-11-24/h14-22,24H,3-11H2,1-2H3. The first kappa shape index (κ1) is 19.8. The van der Waals surface area contributed by atoms with Gasteiger partial charge in [0.25, 0.3) is 0 Å². The zero-order valence-corrected chi connectivity index (χ0v) is 17.1. The minimum absolute atomic E-state index is 0.604. The van der Waals surface area contributed by atoms with Crippen LogP contribution >= 0.6 is 0 Å². The fraction of sp³-hybridized carbons (Fsp3) is 0.481. The van der Waals surface area contributed by atoms with Gasteiger partial charge in [0.15, 0.2) is 0 Å². The number of aryl methyl sites for hydroxylation is 1. The molecule has 3 rings (SSSR count). The summed E-state index contributed by atoms with van der Waals surface area (Å²) in [5.41, 5.74) is 5.18. The van der Waals surface area contributed by atoms with Gasteiger partial charge in [0.05, 0.1) is 0 Å². The van der Waals surface area contributed by atoms with Crippen LogP contribution in [-0.2, 0) is 6.42 Å². The second kappa shape index (κ2) is 10.4. The second-order valence-electron chi connectivity index (χ2n) is 8.13. The molecule has 0 atom stereocenters. The van der Waals surface area contributed by atoms with Crippen LogP contribution in [0.5, 0.6) is 0 Å². The van der Waals surface area contributed by atoms with E-state index in [2.05, 4.69) is 74.2 Å². The van der Waals surface area contributed by atoms with E-state index in [0.29, 0.717) is 5.92 Å². The second-order valence-corrected chi connectivity index (χ2v) is 8.13. The summed E-state index contributed by atoms with van der Waals surface area (Å²) in [5.74, 6) is 8.49. The van der Waals surface area contributed by atoms with Crippen molar-refractivity contribution in [3.63, 3.8) is 0 Å². The Labute approximate surface area is 166 Å². The summed E-state index contributed by atoms with van der Waals surface area (Å²) in [6.07, 6.45) is 11.7. The van der Waals surface area contributed by atoms with Crippen molar-refractivity contribution in [3.8, 4) is 23.0 Å². The predicted molar refractivity (Wildman–Crippen MR) is 118 cm³/mol. The highest BCUT2D eigenvalue weighted by Gasteiger charge is 2.17. The molecule has 0 unspecified atom stereocenters. The fourth-order valence-corrected chi connectivity index (χ4v) is 4.09. The Morgan fingerprint density at radius 1 is 0.778 bits per heavy atom. The van der Waals surface area contributed by atoms with Gasteiger partial charge in [-0.05, 0) is 73.3 Å². The highest BCUT2D eigenvalue weighted by molar-refractivity contribution is 5.64. The summed E-state index contributed by atoms with van der Waals surface area (Å²) in [6.45, 7) is 4.58. The molecule has 0 nitrogen and oxygen atoms in total. The molecule has 0 aliphatic heterocycles. The lowest BCUT2D eigenvalue weighted by molar-refractivity contribution is 0.309. The maximum atomic E-state index is 3.52. The Morgan fingerprint density at radius 2 is 1.41 bits per heavy atom. The quantitative estimate of drug-likeness (QED) is 0.367. The van der Waals surface area contributed by atoms with E-state index in [4.69, 9.17) is 0 Å². The maximum Gasteiger partial charge on any atom is 0.0245 e. The van der Waals surface area contributed by atoms with Crippen LogP contribution in [0.2, 0.25) is 0 Å². The average Bonchev–Trinajstić information content (AvgIpc) is 2.74. The molecular weight excluding hydrogens is 324 g/mol. The molecular formula is C27H34. The largest absolute Gasteiger partial charge is 0.0945 e. The van der Waals surface area contributed by atoms with E-state index in [1.807, 2.05) is 0 Å². The molecule has 1 saturated carbocycles. The molecule has 2 aromatic carbocycles. The summed E-state index contributed by atoms with van der Waals surface area (Å²) in [4.78, 5) is 0. The van der Waals surface area contributed by atoms with Gasteiger partial charge in [0.2, 0.25) is 0 Å². The van der Waals surface area contributed by atoms with Gasteiger partial charge in [-0.3, -0.25) is 0 Å². The third-order valence-electron chi connectivity index (χ3n) is 6.09. The van der Waals surface area contributed by atoms with Gasteiger partial charge in [-0.1, -0.05) is 81.3 Å². The van der Waals surface area contributed by atoms with Crippen LogP contribution in [0.1, 0.15) is 76.3 Å². The monoisotopic (exact) mass is 358 g/mol. The highest BCUT2D eigenvalue weighted by Crippen LogP contribution is 2.30. The van der Waals surface area contributed by atoms with E-state index < -0.39 is 0 Å². The van der Waals surface area contributed by atoms with Crippen LogP contribution in [0.3, 0.4) is 0 Å². The Hall–Kier alpha value is -2.00. The van der Waals surface area contributed by atoms with Crippen LogP contribution in [-0.4, -0.2) is 0 Å². The van der Waals surface area contributed by atoms with Crippen molar-refractivity contribution in [3.05, 3.63) is 59.7 Å². The van der Waals surface area contributed by atoms with Crippen LogP contribution < -0.4 is 0 Å². The summed E-state index contributed by atoms with van der Waals surface area (Å²) < 4.78 is 0. The third kappa shape index (κ3) is 6.00. The number of rotatable bonds is 6. The van der Waals surface area contributed by atoms with Gasteiger partial charge in [-0.2, -0.15) is 0 Å². The van der Waals surface area contributed by atoms with Gasteiger partial charge in [-0.15, -0.1) is 0 Å². The molecule has 0 saturated heterocycles. The summed E-state index contributed by atoms with van der Waals surface area (Å²) in [6, 6.07) is 17.9. The maximum absolute atomic E-state index is 3.52. The molecule has 2 aromatic rings. The fourth-order valence-electron chi connectivity index (χ4n) is 4.09. The van der Waals surface area contributed by atoms with E-state index in [9.17, 15) is 0 Å². The molecule has 0 aromatic heterocycles. The van der Waals surface area contributed by atoms with Crippen LogP contribution in [0.4, 0.5) is 0 Å². The van der Waals surface area contributed by atoms with Crippen molar-refractivity contribution in [2.24, 2.45) is 11.8 Å². The molecule has 0 heteroatoms. The minimum atomic E-state index is 0.604. The molecule has 0 radical (unpaired) electrons. The molecule has 0 heterocycles. The first-order chi connectivity index (χ1) is 13.3. The minimum Gasteiger partial charge on any atom is -0.0945 e. The lowest BCUT2D eigenvalue weighted by Crippen LogP contribution is -2.12. The van der Waals surface area contributed by atoms with Crippen molar-refractivity contribution in [1.29, 1.82) is 0 Å². The smallest absolute Gasteiger partial charge is 0.0245 e. The molecule has 0 bridgehead atoms. The molecule has 1 aliphatic carbocycles. The molecule has 27 heavy (non-hydrogen) atoms. The van der Waals surface area contributed by atoms with Gasteiger partial charge in [0.1, 0.15) is 0 Å². The Bertz CT molecular complexity index is 731. The Kier molecular flexibility index (Phi) is 7.58. The van der Waals surface area contributed by atoms with Crippen molar-refractivity contribution in [2.75, 3.05) is 0 Å². The first-order valence-corrected chi connectivity index (χ1v) is 11.0. The molecule has 0 amide bonds. The zero-order chi connectivity index (χ0) is 18.9. The molecule has 0 spiro atoms. The zero-order valence-electron chi connectivity index (χ0n) is 17.1. The lowest BCUT2D eigenvalue weighted by atomic mass is 9.81. The van der Waals surface area contributed by atoms with E-state index >= 15 is 0 Å². The van der Waals surface area contributed by atoms with Crippen LogP contribution in [0.25, 0.3) is 11.1 Å². The van der Waals surface area contributed by atoms with Crippen LogP contribution in [0.15, 0.2) is 48.5 Å². The molecule has 0 N–H and O–H groups in total. The lowest BCUT2D eigenvalue weighted by Gasteiger charge is -2.24. The van der Waals surface area contributed by atoms with Crippen molar-refractivity contribution in [1.82, 2.24) is 0 Å². The number of benzene rings is 2. The van der Waals surface area contributed by atoms with Gasteiger partial charge < -0.3 is 0 Å². The van der Waals surface area contributed by atoms with E-state index in [0.717, 1.165) is 11.5 Å². The predicted octanol–water partition coefficient (Wildman–Crippen LogP) is 7.65. The van der Waals surface area contributed by atoms with Crippen molar-refractivity contribution >= 4 is 0 Å². The van der Waals surface area contributed by atoms with Gasteiger partial charge in [-0.25, -0.2) is 0 Å². The first-order valence-electron chi connectivity index (χ1n) is 11.0. The summed E-state index contributed by atoms with van der Waals surface area (Å²) in [7, 11) is 0. The number of hydrogen-bond acceptors (Lipinski definition) is 0. The van der Waals surface area contributed by atoms with E-state index in [1.165, 1.54) is 74.5 Å². The van der Waals surface area contributed by atoms with Crippen molar-refractivity contribution < 1.29 is 0 Å². The number of hydrogen-bond donors (Lipinski definition) is 0. The average molecular weight is 359 g/mol. The topological polar surface area (TPSA) is 0 Å². The Morgan fingerprint density at radius 3 is 2.00 bits per heavy atom. The normalized spacial score (nSPS) is 19.3. The van der Waals surface area contributed by atoms with Gasteiger partial charge in [0, 0.05) is 11.5 Å². The Balaban J connectivity index is 1.57. The number of unbranched alkanes of at least 4 members (excludes halogenated alkanes) is 2. The van der Waals surface area contributed by atoms with Crippen LogP contribution in [0, 0.1) is 23.7 Å². The molecule has 1 fully saturated rings. The van der Waals surface area contributed by atoms with E-state index in [-0.39, 0.29) is 0 Å². The SMILES string of the molecule is CCCCCc1ccc(-c2ccc(C#CC3CCC(CC)CC3)cc2)cc1. The van der Waals surface area contributed by atoms with Crippen molar-refractivity contribution in [2.45, 2.75) is 71.6 Å². The van der Waals surface area contributed by atoms with E-state index in [1.54, 1.807) is 0 Å². The highest BCUT2D eigenvalue weighted by atomic mass is 14.2. The summed E-state index contributed by atoms with van der Waals surface area (Å²) >= 11 is 0. The summed E-state index contributed by atoms with van der Waals surface area (Å²) in [5, 5.41) is 0.